The van der Waals surface area contributed by atoms with Crippen LogP contribution in [0.4, 0.5) is 5.69 Å². The zero-order chi connectivity index (χ0) is 19.4. The number of esters is 1. The molecule has 1 atom stereocenters. The highest BCUT2D eigenvalue weighted by atomic mass is 16.5. The number of benzene rings is 1. The third-order valence-corrected chi connectivity index (χ3v) is 3.87. The maximum atomic E-state index is 12.3. The van der Waals surface area contributed by atoms with E-state index in [1.165, 1.54) is 6.92 Å². The Kier molecular flexibility index (Phi) is 6.02. The zero-order valence-corrected chi connectivity index (χ0v) is 16.0. The first-order valence-corrected chi connectivity index (χ1v) is 8.47. The molecule has 26 heavy (non-hydrogen) atoms. The van der Waals surface area contributed by atoms with E-state index in [4.69, 9.17) is 9.47 Å². The van der Waals surface area contributed by atoms with E-state index >= 15 is 0 Å². The Morgan fingerprint density at radius 1 is 1.12 bits per heavy atom. The number of nitrogens with zero attached hydrogens (tertiary/aromatic N) is 2. The molecule has 1 aromatic carbocycles. The van der Waals surface area contributed by atoms with Crippen molar-refractivity contribution in [3.05, 3.63) is 41.2 Å². The van der Waals surface area contributed by atoms with Gasteiger partial charge in [-0.1, -0.05) is 0 Å². The van der Waals surface area contributed by atoms with E-state index in [-0.39, 0.29) is 6.10 Å². The van der Waals surface area contributed by atoms with Crippen LogP contribution < -0.4 is 10.1 Å². The quantitative estimate of drug-likeness (QED) is 0.802. The van der Waals surface area contributed by atoms with Crippen molar-refractivity contribution in [2.24, 2.45) is 7.05 Å². The number of amides is 1. The van der Waals surface area contributed by atoms with Crippen LogP contribution in [0.15, 0.2) is 24.3 Å². The third kappa shape index (κ3) is 4.62. The summed E-state index contributed by atoms with van der Waals surface area (Å²) in [5.74, 6) is -0.300. The summed E-state index contributed by atoms with van der Waals surface area (Å²) in [6, 6.07) is 6.62. The molecule has 1 N–H and O–H groups in total. The first kappa shape index (κ1) is 19.5. The van der Waals surface area contributed by atoms with Crippen LogP contribution >= 0.6 is 0 Å². The molecule has 0 aliphatic rings. The molecule has 2 aromatic rings. The zero-order valence-electron chi connectivity index (χ0n) is 16.0. The van der Waals surface area contributed by atoms with Crippen LogP contribution in [0.5, 0.6) is 5.75 Å². The largest absolute Gasteiger partial charge is 0.491 e. The number of ether oxygens (including phenoxy) is 2. The van der Waals surface area contributed by atoms with Crippen molar-refractivity contribution in [2.75, 3.05) is 5.32 Å². The van der Waals surface area contributed by atoms with E-state index in [2.05, 4.69) is 10.4 Å². The molecule has 0 unspecified atom stereocenters. The van der Waals surface area contributed by atoms with Crippen LogP contribution in [0, 0.1) is 13.8 Å². The summed E-state index contributed by atoms with van der Waals surface area (Å²) in [6.45, 7) is 9.04. The van der Waals surface area contributed by atoms with E-state index in [0.29, 0.717) is 22.7 Å². The fourth-order valence-electron chi connectivity index (χ4n) is 2.40. The number of hydrogen-bond acceptors (Lipinski definition) is 5. The van der Waals surface area contributed by atoms with Gasteiger partial charge in [0.25, 0.3) is 5.91 Å². The summed E-state index contributed by atoms with van der Waals surface area (Å²) in [6.07, 6.45) is -0.885. The van der Waals surface area contributed by atoms with Crippen LogP contribution in [-0.4, -0.2) is 33.9 Å². The van der Waals surface area contributed by atoms with Gasteiger partial charge < -0.3 is 14.8 Å². The molecule has 0 bridgehead atoms. The van der Waals surface area contributed by atoms with Gasteiger partial charge in [-0.3, -0.25) is 9.48 Å². The standard InChI is InChI=1S/C19H25N3O4/c1-11(2)25-16-9-7-15(8-10-16)19(24)26-14(5)18(23)20-17-12(3)21-22(6)13(17)4/h7-11,14H,1-6H3,(H,20,23)/t14-/m1/s1. The lowest BCUT2D eigenvalue weighted by Crippen LogP contribution is -2.30. The molecule has 1 amide bonds. The number of nitrogens with one attached hydrogen (secondary N) is 1. The van der Waals surface area contributed by atoms with Crippen molar-refractivity contribution < 1.29 is 19.1 Å². The molecule has 2 rings (SSSR count). The monoisotopic (exact) mass is 359 g/mol. The second-order valence-corrected chi connectivity index (χ2v) is 6.40. The van der Waals surface area contributed by atoms with Gasteiger partial charge in [-0.05, 0) is 58.9 Å². The van der Waals surface area contributed by atoms with Crippen LogP contribution in [-0.2, 0) is 16.6 Å². The maximum Gasteiger partial charge on any atom is 0.338 e. The van der Waals surface area contributed by atoms with Crippen molar-refractivity contribution in [1.29, 1.82) is 0 Å². The highest BCUT2D eigenvalue weighted by molar-refractivity contribution is 5.98. The minimum Gasteiger partial charge on any atom is -0.491 e. The van der Waals surface area contributed by atoms with Crippen molar-refractivity contribution in [1.82, 2.24) is 9.78 Å². The molecular weight excluding hydrogens is 334 g/mol. The molecule has 0 aliphatic carbocycles. The summed E-state index contributed by atoms with van der Waals surface area (Å²) in [7, 11) is 1.80. The van der Waals surface area contributed by atoms with Gasteiger partial charge in [0.2, 0.25) is 0 Å². The van der Waals surface area contributed by atoms with Gasteiger partial charge in [0, 0.05) is 7.05 Å². The molecule has 1 heterocycles. The molecule has 1 aromatic heterocycles. The van der Waals surface area contributed by atoms with Crippen LogP contribution in [0.3, 0.4) is 0 Å². The minimum absolute atomic E-state index is 0.0518. The Morgan fingerprint density at radius 3 is 2.23 bits per heavy atom. The van der Waals surface area contributed by atoms with Crippen LogP contribution in [0.25, 0.3) is 0 Å². The van der Waals surface area contributed by atoms with E-state index in [1.54, 1.807) is 42.9 Å². The molecule has 140 valence electrons. The van der Waals surface area contributed by atoms with Gasteiger partial charge in [-0.15, -0.1) is 0 Å². The van der Waals surface area contributed by atoms with E-state index < -0.39 is 18.0 Å². The smallest absolute Gasteiger partial charge is 0.338 e. The van der Waals surface area contributed by atoms with Crippen LogP contribution in [0.2, 0.25) is 0 Å². The number of carbonyl (C=O) groups is 2. The Hall–Kier alpha value is -2.83. The Morgan fingerprint density at radius 2 is 1.73 bits per heavy atom. The number of aromatic nitrogens is 2. The Labute approximate surface area is 153 Å². The third-order valence-electron chi connectivity index (χ3n) is 3.87. The topological polar surface area (TPSA) is 82.5 Å². The predicted molar refractivity (Wildman–Crippen MR) is 98.4 cm³/mol. The fourth-order valence-corrected chi connectivity index (χ4v) is 2.40. The molecule has 0 spiro atoms. The Balaban J connectivity index is 1.98. The molecule has 0 saturated heterocycles. The summed E-state index contributed by atoms with van der Waals surface area (Å²) >= 11 is 0. The lowest BCUT2D eigenvalue weighted by Gasteiger charge is -2.14. The van der Waals surface area contributed by atoms with Gasteiger partial charge in [0.1, 0.15) is 5.75 Å². The highest BCUT2D eigenvalue weighted by Crippen LogP contribution is 2.19. The lowest BCUT2D eigenvalue weighted by atomic mass is 10.2. The number of rotatable bonds is 6. The van der Waals surface area contributed by atoms with Gasteiger partial charge in [-0.2, -0.15) is 5.10 Å². The summed E-state index contributed by atoms with van der Waals surface area (Å²) in [4.78, 5) is 24.5. The van der Waals surface area contributed by atoms with Gasteiger partial charge in [0.05, 0.1) is 28.7 Å². The number of aryl methyl sites for hydroxylation is 2. The minimum atomic E-state index is -0.937. The van der Waals surface area contributed by atoms with E-state index in [9.17, 15) is 9.59 Å². The summed E-state index contributed by atoms with van der Waals surface area (Å²) in [5.41, 5.74) is 2.53. The summed E-state index contributed by atoms with van der Waals surface area (Å²) < 4.78 is 12.5. The van der Waals surface area contributed by atoms with E-state index in [1.807, 2.05) is 20.8 Å². The number of anilines is 1. The molecule has 0 fully saturated rings. The van der Waals surface area contributed by atoms with Crippen molar-refractivity contribution in [3.8, 4) is 5.75 Å². The van der Waals surface area contributed by atoms with Crippen LogP contribution in [0.1, 0.15) is 42.5 Å². The highest BCUT2D eigenvalue weighted by Gasteiger charge is 2.21. The fraction of sp³-hybridized carbons (Fsp3) is 0.421. The van der Waals surface area contributed by atoms with Crippen molar-refractivity contribution >= 4 is 17.6 Å². The number of carbonyl (C=O) groups excluding carboxylic acids is 2. The lowest BCUT2D eigenvalue weighted by molar-refractivity contribution is -0.123. The molecule has 0 aliphatic heterocycles. The van der Waals surface area contributed by atoms with Gasteiger partial charge in [0.15, 0.2) is 6.10 Å². The second-order valence-electron chi connectivity index (χ2n) is 6.40. The molecule has 7 nitrogen and oxygen atoms in total. The first-order chi connectivity index (χ1) is 12.2. The predicted octanol–water partition coefficient (Wildman–Crippen LogP) is 3.01. The van der Waals surface area contributed by atoms with Crippen molar-refractivity contribution in [3.63, 3.8) is 0 Å². The van der Waals surface area contributed by atoms with E-state index in [0.717, 1.165) is 5.69 Å². The first-order valence-electron chi connectivity index (χ1n) is 8.47. The summed E-state index contributed by atoms with van der Waals surface area (Å²) in [5, 5.41) is 7.01. The van der Waals surface area contributed by atoms with Gasteiger partial charge >= 0.3 is 5.97 Å². The maximum absolute atomic E-state index is 12.3. The average Bonchev–Trinajstić information content (AvgIpc) is 2.81. The molecular formula is C19H25N3O4. The Bertz CT molecular complexity index is 794. The second kappa shape index (κ2) is 8.03. The average molecular weight is 359 g/mol. The molecule has 7 heteroatoms. The number of hydrogen-bond donors (Lipinski definition) is 1. The van der Waals surface area contributed by atoms with Gasteiger partial charge in [-0.25, -0.2) is 4.79 Å². The molecule has 0 radical (unpaired) electrons. The van der Waals surface area contributed by atoms with Crippen molar-refractivity contribution in [2.45, 2.75) is 46.8 Å². The SMILES string of the molecule is Cc1nn(C)c(C)c1NC(=O)[C@@H](C)OC(=O)c1ccc(OC(C)C)cc1. The molecule has 0 saturated carbocycles. The normalized spacial score (nSPS) is 12.0.